The summed E-state index contributed by atoms with van der Waals surface area (Å²) in [6.07, 6.45) is 5.67. The molecule has 0 fully saturated rings. The molecule has 2 aromatic rings. The van der Waals surface area contributed by atoms with Crippen LogP contribution in [-0.4, -0.2) is 11.5 Å². The van der Waals surface area contributed by atoms with Crippen LogP contribution >= 0.6 is 23.2 Å². The number of aromatic nitrogens is 1. The van der Waals surface area contributed by atoms with E-state index in [2.05, 4.69) is 12.2 Å². The minimum Gasteiger partial charge on any atom is -0.384 e. The first-order valence-corrected chi connectivity index (χ1v) is 8.00. The molecule has 1 aromatic carbocycles. The van der Waals surface area contributed by atoms with Crippen LogP contribution in [0.25, 0.3) is 10.9 Å². The van der Waals surface area contributed by atoms with Crippen LogP contribution in [0, 0.1) is 0 Å². The van der Waals surface area contributed by atoms with Gasteiger partial charge in [-0.2, -0.15) is 0 Å². The number of halogens is 2. The lowest BCUT2D eigenvalue weighted by molar-refractivity contribution is 0.672. The molecular formula is C16H18Cl2N2. The molecule has 0 radical (unpaired) electrons. The number of hydrogen-bond acceptors (Lipinski definition) is 2. The van der Waals surface area contributed by atoms with Gasteiger partial charge < -0.3 is 5.32 Å². The van der Waals surface area contributed by atoms with Crippen molar-refractivity contribution in [1.82, 2.24) is 4.98 Å². The molecule has 0 atom stereocenters. The van der Waals surface area contributed by atoms with E-state index in [1.54, 1.807) is 6.07 Å². The van der Waals surface area contributed by atoms with Crippen molar-refractivity contribution in [2.75, 3.05) is 11.9 Å². The normalized spacial score (nSPS) is 14.3. The summed E-state index contributed by atoms with van der Waals surface area (Å²) in [5.74, 6) is 0. The number of anilines is 1. The molecule has 0 saturated carbocycles. The third-order valence-corrected chi connectivity index (χ3v) is 4.34. The molecule has 2 nitrogen and oxygen atoms in total. The Labute approximate surface area is 129 Å². The standard InChI is InChI=1S/C16H18Cl2N2/c1-2-7-19-15-11-5-3-4-6-14(11)20-16-12(15)8-10(17)9-13(16)18/h8-9H,2-7H2,1H3,(H,19,20). The van der Waals surface area contributed by atoms with Gasteiger partial charge in [-0.25, -0.2) is 0 Å². The Hall–Kier alpha value is -0.990. The van der Waals surface area contributed by atoms with Gasteiger partial charge in [0, 0.05) is 28.3 Å². The summed E-state index contributed by atoms with van der Waals surface area (Å²) < 4.78 is 0. The Morgan fingerprint density at radius 3 is 2.80 bits per heavy atom. The third kappa shape index (κ3) is 2.47. The quantitative estimate of drug-likeness (QED) is 0.838. The molecule has 0 amide bonds. The van der Waals surface area contributed by atoms with E-state index in [1.165, 1.54) is 29.8 Å². The average molecular weight is 309 g/mol. The smallest absolute Gasteiger partial charge is 0.0913 e. The summed E-state index contributed by atoms with van der Waals surface area (Å²) >= 11 is 12.5. The Morgan fingerprint density at radius 1 is 1.20 bits per heavy atom. The van der Waals surface area contributed by atoms with Crippen molar-refractivity contribution in [2.24, 2.45) is 0 Å². The van der Waals surface area contributed by atoms with Gasteiger partial charge in [-0.15, -0.1) is 0 Å². The van der Waals surface area contributed by atoms with Gasteiger partial charge in [-0.3, -0.25) is 4.98 Å². The number of nitrogens with zero attached hydrogens (tertiary/aromatic N) is 1. The highest BCUT2D eigenvalue weighted by Gasteiger charge is 2.19. The summed E-state index contributed by atoms with van der Waals surface area (Å²) in [5, 5.41) is 5.92. The van der Waals surface area contributed by atoms with Gasteiger partial charge in [0.1, 0.15) is 0 Å². The number of fused-ring (bicyclic) bond motifs is 2. The Balaban J connectivity index is 2.27. The second kappa shape index (κ2) is 5.79. The minimum absolute atomic E-state index is 0.639. The summed E-state index contributed by atoms with van der Waals surface area (Å²) in [4.78, 5) is 4.79. The predicted molar refractivity (Wildman–Crippen MR) is 87.2 cm³/mol. The molecule has 0 spiro atoms. The van der Waals surface area contributed by atoms with Crippen molar-refractivity contribution in [2.45, 2.75) is 39.0 Å². The summed E-state index contributed by atoms with van der Waals surface area (Å²) in [7, 11) is 0. The predicted octanol–water partition coefficient (Wildman–Crippen LogP) is 5.24. The molecule has 0 saturated heterocycles. The zero-order chi connectivity index (χ0) is 14.1. The van der Waals surface area contributed by atoms with E-state index < -0.39 is 0 Å². The van der Waals surface area contributed by atoms with Gasteiger partial charge in [0.25, 0.3) is 0 Å². The van der Waals surface area contributed by atoms with Crippen LogP contribution < -0.4 is 5.32 Å². The van der Waals surface area contributed by atoms with E-state index >= 15 is 0 Å². The fourth-order valence-electron chi connectivity index (χ4n) is 2.90. The highest BCUT2D eigenvalue weighted by molar-refractivity contribution is 6.38. The molecule has 4 heteroatoms. The maximum atomic E-state index is 6.34. The SMILES string of the molecule is CCCNc1c2c(nc3c(Cl)cc(Cl)cc13)CCCC2. The fourth-order valence-corrected chi connectivity index (χ4v) is 3.44. The van der Waals surface area contributed by atoms with Crippen LogP contribution in [0.15, 0.2) is 12.1 Å². The van der Waals surface area contributed by atoms with Crippen LogP contribution in [0.1, 0.15) is 37.4 Å². The summed E-state index contributed by atoms with van der Waals surface area (Å²) in [6, 6.07) is 3.75. The highest BCUT2D eigenvalue weighted by Crippen LogP contribution is 2.37. The van der Waals surface area contributed by atoms with E-state index in [-0.39, 0.29) is 0 Å². The zero-order valence-electron chi connectivity index (χ0n) is 11.6. The highest BCUT2D eigenvalue weighted by atomic mass is 35.5. The van der Waals surface area contributed by atoms with Crippen LogP contribution in [0.5, 0.6) is 0 Å². The van der Waals surface area contributed by atoms with Crippen molar-refractivity contribution in [3.63, 3.8) is 0 Å². The Kier molecular flexibility index (Phi) is 4.04. The van der Waals surface area contributed by atoms with E-state index in [1.807, 2.05) is 6.07 Å². The van der Waals surface area contributed by atoms with Crippen molar-refractivity contribution in [3.05, 3.63) is 33.4 Å². The molecule has 0 bridgehead atoms. The second-order valence-corrected chi connectivity index (χ2v) is 6.17. The van der Waals surface area contributed by atoms with Gasteiger partial charge in [-0.1, -0.05) is 30.1 Å². The van der Waals surface area contributed by atoms with Crippen molar-refractivity contribution in [3.8, 4) is 0 Å². The summed E-state index contributed by atoms with van der Waals surface area (Å²) in [6.45, 7) is 3.12. The second-order valence-electron chi connectivity index (χ2n) is 5.33. The first-order valence-electron chi connectivity index (χ1n) is 7.25. The van der Waals surface area contributed by atoms with Crippen molar-refractivity contribution >= 4 is 39.8 Å². The van der Waals surface area contributed by atoms with Crippen LogP contribution in [0.4, 0.5) is 5.69 Å². The van der Waals surface area contributed by atoms with Gasteiger partial charge in [0.05, 0.1) is 10.5 Å². The molecule has 1 aliphatic rings. The molecule has 1 heterocycles. The Morgan fingerprint density at radius 2 is 2.00 bits per heavy atom. The Bertz CT molecular complexity index is 653. The van der Waals surface area contributed by atoms with Crippen molar-refractivity contribution in [1.29, 1.82) is 0 Å². The monoisotopic (exact) mass is 308 g/mol. The minimum atomic E-state index is 0.639. The molecule has 106 valence electrons. The number of rotatable bonds is 3. The maximum Gasteiger partial charge on any atom is 0.0913 e. The van der Waals surface area contributed by atoms with Gasteiger partial charge in [0.2, 0.25) is 0 Å². The maximum absolute atomic E-state index is 6.34. The number of benzene rings is 1. The number of hydrogen-bond donors (Lipinski definition) is 1. The molecule has 1 N–H and O–H groups in total. The molecule has 0 unspecified atom stereocenters. The fraction of sp³-hybridized carbons (Fsp3) is 0.438. The van der Waals surface area contributed by atoms with E-state index in [0.717, 1.165) is 36.7 Å². The zero-order valence-corrected chi connectivity index (χ0v) is 13.1. The number of aryl methyl sites for hydroxylation is 1. The van der Waals surface area contributed by atoms with E-state index in [9.17, 15) is 0 Å². The van der Waals surface area contributed by atoms with Gasteiger partial charge in [-0.05, 0) is 49.8 Å². The lowest BCUT2D eigenvalue weighted by Gasteiger charge is -2.22. The number of pyridine rings is 1. The van der Waals surface area contributed by atoms with Crippen LogP contribution in [0.2, 0.25) is 10.0 Å². The van der Waals surface area contributed by atoms with E-state index in [4.69, 9.17) is 28.2 Å². The van der Waals surface area contributed by atoms with E-state index in [0.29, 0.717) is 10.0 Å². The molecule has 3 rings (SSSR count). The third-order valence-electron chi connectivity index (χ3n) is 3.84. The molecule has 1 aromatic heterocycles. The lowest BCUT2D eigenvalue weighted by Crippen LogP contribution is -2.12. The lowest BCUT2D eigenvalue weighted by atomic mass is 9.92. The molecule has 20 heavy (non-hydrogen) atoms. The largest absolute Gasteiger partial charge is 0.384 e. The number of nitrogens with one attached hydrogen (secondary N) is 1. The molecule has 1 aliphatic carbocycles. The van der Waals surface area contributed by atoms with Gasteiger partial charge >= 0.3 is 0 Å². The van der Waals surface area contributed by atoms with Crippen molar-refractivity contribution < 1.29 is 0 Å². The topological polar surface area (TPSA) is 24.9 Å². The first-order chi connectivity index (χ1) is 9.70. The van der Waals surface area contributed by atoms with Crippen LogP contribution in [-0.2, 0) is 12.8 Å². The summed E-state index contributed by atoms with van der Waals surface area (Å²) in [5.41, 5.74) is 4.62. The van der Waals surface area contributed by atoms with Gasteiger partial charge in [0.15, 0.2) is 0 Å². The molecule has 0 aliphatic heterocycles. The first kappa shape index (κ1) is 14.0. The molecular weight excluding hydrogens is 291 g/mol. The average Bonchev–Trinajstić information content (AvgIpc) is 2.44. The van der Waals surface area contributed by atoms with Crippen LogP contribution in [0.3, 0.4) is 0 Å².